The molecule has 0 unspecified atom stereocenters. The minimum absolute atomic E-state index is 0.185. The summed E-state index contributed by atoms with van der Waals surface area (Å²) in [6.45, 7) is 6.05. The first-order valence-electron chi connectivity index (χ1n) is 10.9. The summed E-state index contributed by atoms with van der Waals surface area (Å²) in [6.07, 6.45) is 20.0. The van der Waals surface area contributed by atoms with Crippen LogP contribution in [0.3, 0.4) is 0 Å². The molecule has 4 nitrogen and oxygen atoms in total. The minimum atomic E-state index is -0.903. The largest absolute Gasteiger partial charge is 0.550 e. The van der Waals surface area contributed by atoms with Crippen LogP contribution in [0.15, 0.2) is 0 Å². The van der Waals surface area contributed by atoms with Gasteiger partial charge in [-0.3, -0.25) is 0 Å². The normalized spacial score (nSPS) is 10.3. The van der Waals surface area contributed by atoms with Gasteiger partial charge in [-0.15, -0.1) is 0 Å². The fourth-order valence-electron chi connectivity index (χ4n) is 2.76. The Labute approximate surface area is 169 Å². The van der Waals surface area contributed by atoms with Gasteiger partial charge in [0.1, 0.15) is 0 Å². The summed E-state index contributed by atoms with van der Waals surface area (Å²) < 4.78 is 12.8. The first-order chi connectivity index (χ1) is 12.5. The average Bonchev–Trinajstić information content (AvgIpc) is 2.58. The molecular weight excluding hydrogens is 343 g/mol. The van der Waals surface area contributed by atoms with Gasteiger partial charge in [0.2, 0.25) is 0 Å². The number of hydrogen-bond donors (Lipinski definition) is 1. The molecular formula is C21H43AlO4. The van der Waals surface area contributed by atoms with Crippen LogP contribution in [-0.4, -0.2) is 32.1 Å². The van der Waals surface area contributed by atoms with E-state index in [1.54, 1.807) is 0 Å². The molecule has 0 saturated heterocycles. The topological polar surface area (TPSA) is 69.6 Å². The van der Waals surface area contributed by atoms with Crippen LogP contribution >= 0.6 is 0 Å². The number of carbonyl (C=O) groups excluding carboxylic acids is 1. The molecule has 0 bridgehead atoms. The molecule has 0 aromatic heterocycles. The van der Waals surface area contributed by atoms with E-state index in [2.05, 4.69) is 10.7 Å². The molecule has 0 aromatic rings. The van der Waals surface area contributed by atoms with Crippen molar-refractivity contribution in [3.8, 4) is 0 Å². The van der Waals surface area contributed by atoms with E-state index >= 15 is 0 Å². The molecule has 0 saturated carbocycles. The summed E-state index contributed by atoms with van der Waals surface area (Å²) >= 11 is -0.748. The van der Waals surface area contributed by atoms with Crippen molar-refractivity contribution in [1.82, 2.24) is 0 Å². The zero-order valence-electron chi connectivity index (χ0n) is 17.6. The van der Waals surface area contributed by atoms with E-state index in [1.165, 1.54) is 83.5 Å². The number of rotatable bonds is 18. The molecule has 0 aliphatic rings. The van der Waals surface area contributed by atoms with Gasteiger partial charge in [0.05, 0.1) is 0 Å². The van der Waals surface area contributed by atoms with E-state index < -0.39 is 21.9 Å². The molecule has 0 heterocycles. The smallest absolute Gasteiger partial charge is 0.0414 e. The molecule has 0 fully saturated rings. The predicted octanol–water partition coefficient (Wildman–Crippen LogP) is 4.94. The van der Waals surface area contributed by atoms with Gasteiger partial charge in [-0.05, 0) is 12.8 Å². The Morgan fingerprint density at radius 2 is 1.15 bits per heavy atom. The Bertz CT molecular complexity index is 273. The van der Waals surface area contributed by atoms with Gasteiger partial charge in [-0.25, -0.2) is 0 Å². The molecule has 0 atom stereocenters. The Balaban J connectivity index is 0. The summed E-state index contributed by atoms with van der Waals surface area (Å²) in [5.74, 6) is -0.903. The van der Waals surface area contributed by atoms with E-state index in [9.17, 15) is 9.90 Å². The van der Waals surface area contributed by atoms with Crippen LogP contribution in [0.25, 0.3) is 0 Å². The van der Waals surface area contributed by atoms with Gasteiger partial charge in [0.15, 0.2) is 0 Å². The van der Waals surface area contributed by atoms with Crippen LogP contribution in [0.1, 0.15) is 124 Å². The molecule has 154 valence electrons. The molecule has 0 amide bonds. The zero-order chi connectivity index (χ0) is 19.9. The molecule has 5 heteroatoms. The molecule has 0 radical (unpaired) electrons. The molecule has 0 aromatic carbocycles. The Morgan fingerprint density at radius 1 is 0.808 bits per heavy atom. The number of unbranched alkanes of at least 4 members (excludes halogenated alkanes) is 14. The summed E-state index contributed by atoms with van der Waals surface area (Å²) in [4.78, 5) is 10.2. The van der Waals surface area contributed by atoms with Crippen molar-refractivity contribution in [2.75, 3.05) is 0 Å². The standard InChI is InChI=1S/C18H36O2.C3H7O.Al.H2O/c1-2-3-4-5-6-7-8-9-10-11-12-13-14-15-16-17-18(19)20;1-3(2)4;;/h2-17H2,1H3,(H,19,20);3H,1-2H3;;1H2/q;-1;+3;/p-2. The SMILES string of the molecule is CC(C)[O][Al+][OH].CCCCCCCCCCCCCCCCCC(=O)[O-]. The maximum atomic E-state index is 10.2. The quantitative estimate of drug-likeness (QED) is 0.268. The Morgan fingerprint density at radius 3 is 1.38 bits per heavy atom. The van der Waals surface area contributed by atoms with E-state index in [0.29, 0.717) is 0 Å². The third kappa shape index (κ3) is 31.7. The van der Waals surface area contributed by atoms with Crippen LogP contribution in [0, 0.1) is 0 Å². The molecule has 26 heavy (non-hydrogen) atoms. The maximum absolute atomic E-state index is 10.2. The van der Waals surface area contributed by atoms with E-state index in [1.807, 2.05) is 13.8 Å². The molecule has 0 spiro atoms. The minimum Gasteiger partial charge on any atom is -0.550 e. The van der Waals surface area contributed by atoms with Crippen molar-refractivity contribution in [2.45, 2.75) is 130 Å². The fraction of sp³-hybridized carbons (Fsp3) is 0.952. The summed E-state index contributed by atoms with van der Waals surface area (Å²) in [6, 6.07) is 0. The molecule has 0 rings (SSSR count). The van der Waals surface area contributed by atoms with Crippen molar-refractivity contribution < 1.29 is 17.8 Å². The first-order valence-corrected chi connectivity index (χ1v) is 11.8. The Kier molecular flexibility index (Phi) is 27.0. The van der Waals surface area contributed by atoms with Gasteiger partial charge in [0.25, 0.3) is 0 Å². The number of carboxylic acid groups (broad SMARTS) is 1. The number of aliphatic carboxylic acids is 1. The van der Waals surface area contributed by atoms with Crippen molar-refractivity contribution in [1.29, 1.82) is 0 Å². The summed E-state index contributed by atoms with van der Waals surface area (Å²) in [5.41, 5.74) is 0. The van der Waals surface area contributed by atoms with Crippen LogP contribution in [0.5, 0.6) is 0 Å². The van der Waals surface area contributed by atoms with Crippen molar-refractivity contribution in [3.05, 3.63) is 0 Å². The first kappa shape index (κ1) is 28.1. The van der Waals surface area contributed by atoms with E-state index in [0.717, 1.165) is 12.8 Å². The summed E-state index contributed by atoms with van der Waals surface area (Å²) in [7, 11) is 0. The summed E-state index contributed by atoms with van der Waals surface area (Å²) in [5, 5.41) is 10.2. The Hall–Kier alpha value is -0.0775. The van der Waals surface area contributed by atoms with Crippen molar-refractivity contribution in [2.24, 2.45) is 0 Å². The number of hydrogen-bond acceptors (Lipinski definition) is 4. The van der Waals surface area contributed by atoms with Gasteiger partial charge >= 0.3 is 43.8 Å². The van der Waals surface area contributed by atoms with Crippen molar-refractivity contribution in [3.63, 3.8) is 0 Å². The third-order valence-electron chi connectivity index (χ3n) is 4.32. The van der Waals surface area contributed by atoms with Gasteiger partial charge in [-0.1, -0.05) is 96.8 Å². The van der Waals surface area contributed by atoms with Crippen LogP contribution in [0.4, 0.5) is 0 Å². The van der Waals surface area contributed by atoms with Crippen LogP contribution < -0.4 is 5.11 Å². The van der Waals surface area contributed by atoms with Gasteiger partial charge in [0, 0.05) is 5.97 Å². The second-order valence-electron chi connectivity index (χ2n) is 7.36. The van der Waals surface area contributed by atoms with Crippen LogP contribution in [0.2, 0.25) is 0 Å². The number of carbonyl (C=O) groups is 1. The number of carboxylic acids is 1. The van der Waals surface area contributed by atoms with Gasteiger partial charge in [-0.2, -0.15) is 0 Å². The molecule has 1 N–H and O–H groups in total. The fourth-order valence-corrected chi connectivity index (χ4v) is 3.01. The maximum Gasteiger partial charge on any atom is 0.0414 e. The average molecular weight is 387 g/mol. The van der Waals surface area contributed by atoms with Crippen LogP contribution in [-0.2, 0) is 8.58 Å². The molecule has 0 aliphatic carbocycles. The third-order valence-corrected chi connectivity index (χ3v) is 4.98. The van der Waals surface area contributed by atoms with Crippen molar-refractivity contribution >= 4 is 21.9 Å². The second-order valence-corrected chi connectivity index (χ2v) is 7.84. The van der Waals surface area contributed by atoms with E-state index in [-0.39, 0.29) is 12.5 Å². The predicted molar refractivity (Wildman–Crippen MR) is 109 cm³/mol. The van der Waals surface area contributed by atoms with E-state index in [4.69, 9.17) is 4.16 Å². The second kappa shape index (κ2) is 24.9. The zero-order valence-corrected chi connectivity index (χ0v) is 18.8. The monoisotopic (exact) mass is 386 g/mol. The van der Waals surface area contributed by atoms with Gasteiger partial charge < -0.3 is 9.90 Å². The molecule has 0 aliphatic heterocycles.